The molecule has 1 aliphatic rings. The first-order valence-electron chi connectivity index (χ1n) is 5.28. The summed E-state index contributed by atoms with van der Waals surface area (Å²) in [5.74, 6) is 0.979. The van der Waals surface area contributed by atoms with Crippen LogP contribution >= 0.6 is 15.9 Å². The van der Waals surface area contributed by atoms with Crippen molar-refractivity contribution in [1.82, 2.24) is 9.97 Å². The van der Waals surface area contributed by atoms with Gasteiger partial charge < -0.3 is 16.2 Å². The van der Waals surface area contributed by atoms with Crippen LogP contribution in [0.4, 0.5) is 11.8 Å². The van der Waals surface area contributed by atoms with E-state index in [2.05, 4.69) is 31.2 Å². The van der Waals surface area contributed by atoms with Crippen molar-refractivity contribution in [3.8, 4) is 0 Å². The summed E-state index contributed by atoms with van der Waals surface area (Å²) in [7, 11) is 0. The Hall–Kier alpha value is -0.880. The number of anilines is 2. The number of halogens is 1. The number of nitrogens with one attached hydrogen (secondary N) is 1. The minimum atomic E-state index is 0.239. The van der Waals surface area contributed by atoms with E-state index in [-0.39, 0.29) is 12.0 Å². The van der Waals surface area contributed by atoms with Crippen LogP contribution in [-0.2, 0) is 0 Å². The van der Waals surface area contributed by atoms with Gasteiger partial charge in [-0.2, -0.15) is 4.98 Å². The molecule has 1 heterocycles. The van der Waals surface area contributed by atoms with Crippen molar-refractivity contribution in [3.05, 3.63) is 10.7 Å². The van der Waals surface area contributed by atoms with Crippen LogP contribution in [0.25, 0.3) is 0 Å². The molecule has 0 unspecified atom stereocenters. The Morgan fingerprint density at radius 3 is 2.81 bits per heavy atom. The predicted molar refractivity (Wildman–Crippen MR) is 66.0 cm³/mol. The molecular formula is C10H15BrN4O. The largest absolute Gasteiger partial charge is 0.396 e. The van der Waals surface area contributed by atoms with Gasteiger partial charge in [-0.25, -0.2) is 4.98 Å². The zero-order valence-electron chi connectivity index (χ0n) is 8.91. The van der Waals surface area contributed by atoms with Crippen LogP contribution in [0, 0.1) is 5.41 Å². The fourth-order valence-electron chi connectivity index (χ4n) is 1.71. The maximum absolute atomic E-state index is 8.94. The molecule has 16 heavy (non-hydrogen) atoms. The Balaban J connectivity index is 1.94. The van der Waals surface area contributed by atoms with Crippen LogP contribution in [0.5, 0.6) is 0 Å². The van der Waals surface area contributed by atoms with E-state index in [1.807, 2.05) is 0 Å². The fraction of sp³-hybridized carbons (Fsp3) is 0.600. The van der Waals surface area contributed by atoms with Gasteiger partial charge in [0.25, 0.3) is 0 Å². The lowest BCUT2D eigenvalue weighted by atomic mass is 10.0. The van der Waals surface area contributed by atoms with Gasteiger partial charge in [0.2, 0.25) is 5.95 Å². The monoisotopic (exact) mass is 286 g/mol. The highest BCUT2D eigenvalue weighted by atomic mass is 79.9. The molecule has 0 aliphatic heterocycles. The first-order chi connectivity index (χ1) is 7.63. The van der Waals surface area contributed by atoms with E-state index < -0.39 is 0 Å². The van der Waals surface area contributed by atoms with Crippen LogP contribution in [-0.4, -0.2) is 28.2 Å². The molecule has 0 radical (unpaired) electrons. The van der Waals surface area contributed by atoms with Gasteiger partial charge in [0.05, 0.1) is 0 Å². The molecule has 0 amide bonds. The van der Waals surface area contributed by atoms with E-state index in [1.54, 1.807) is 6.07 Å². The van der Waals surface area contributed by atoms with Crippen molar-refractivity contribution in [3.63, 3.8) is 0 Å². The number of rotatable bonds is 5. The molecule has 6 heteroatoms. The number of nitrogen functional groups attached to an aromatic ring is 1. The Morgan fingerprint density at radius 1 is 1.50 bits per heavy atom. The summed E-state index contributed by atoms with van der Waals surface area (Å²) in [6.07, 6.45) is 3.15. The van der Waals surface area contributed by atoms with Gasteiger partial charge in [0, 0.05) is 19.2 Å². The number of hydrogen-bond acceptors (Lipinski definition) is 5. The standard InChI is InChI=1S/C10H15BrN4O/c11-7-5-8(12)15-9(14-7)13-6-10(1-2-10)3-4-16/h5,16H,1-4,6H2,(H3,12,13,14,15). The quantitative estimate of drug-likeness (QED) is 0.713. The molecule has 0 saturated heterocycles. The smallest absolute Gasteiger partial charge is 0.225 e. The van der Waals surface area contributed by atoms with Crippen LogP contribution < -0.4 is 11.1 Å². The van der Waals surface area contributed by atoms with Gasteiger partial charge in [-0.05, 0) is 40.6 Å². The van der Waals surface area contributed by atoms with E-state index in [0.29, 0.717) is 16.4 Å². The van der Waals surface area contributed by atoms with Crippen molar-refractivity contribution in [2.45, 2.75) is 19.3 Å². The molecular weight excluding hydrogens is 272 g/mol. The zero-order chi connectivity index (χ0) is 11.6. The summed E-state index contributed by atoms with van der Waals surface area (Å²) < 4.78 is 0.675. The molecule has 0 spiro atoms. The lowest BCUT2D eigenvalue weighted by molar-refractivity contribution is 0.253. The summed E-state index contributed by atoms with van der Waals surface area (Å²) >= 11 is 3.27. The maximum Gasteiger partial charge on any atom is 0.225 e. The first-order valence-corrected chi connectivity index (χ1v) is 6.08. The van der Waals surface area contributed by atoms with Crippen molar-refractivity contribution < 1.29 is 5.11 Å². The molecule has 0 bridgehead atoms. The number of hydrogen-bond donors (Lipinski definition) is 3. The normalized spacial score (nSPS) is 17.1. The topological polar surface area (TPSA) is 84.1 Å². The average Bonchev–Trinajstić information content (AvgIpc) is 2.95. The van der Waals surface area contributed by atoms with Crippen molar-refractivity contribution >= 4 is 27.7 Å². The molecule has 88 valence electrons. The summed E-state index contributed by atoms with van der Waals surface area (Å²) in [5.41, 5.74) is 5.86. The third-order valence-electron chi connectivity index (χ3n) is 2.94. The van der Waals surface area contributed by atoms with Crippen LogP contribution in [0.2, 0.25) is 0 Å². The summed E-state index contributed by atoms with van der Waals surface area (Å²) in [6, 6.07) is 1.66. The van der Waals surface area contributed by atoms with Crippen molar-refractivity contribution in [1.29, 1.82) is 0 Å². The van der Waals surface area contributed by atoms with E-state index in [9.17, 15) is 0 Å². The molecule has 1 fully saturated rings. The van der Waals surface area contributed by atoms with Gasteiger partial charge in [0.1, 0.15) is 10.4 Å². The summed E-state index contributed by atoms with van der Waals surface area (Å²) in [4.78, 5) is 8.26. The molecule has 1 aromatic rings. The van der Waals surface area contributed by atoms with Gasteiger partial charge in [-0.3, -0.25) is 0 Å². The third kappa shape index (κ3) is 2.82. The number of nitrogens with zero attached hydrogens (tertiary/aromatic N) is 2. The van der Waals surface area contributed by atoms with Crippen molar-refractivity contribution in [2.75, 3.05) is 24.2 Å². The van der Waals surface area contributed by atoms with Crippen molar-refractivity contribution in [2.24, 2.45) is 5.41 Å². The lowest BCUT2D eigenvalue weighted by Gasteiger charge is -2.14. The van der Waals surface area contributed by atoms with E-state index >= 15 is 0 Å². The maximum atomic E-state index is 8.94. The van der Waals surface area contributed by atoms with Gasteiger partial charge in [-0.15, -0.1) is 0 Å². The number of aliphatic hydroxyl groups is 1. The van der Waals surface area contributed by atoms with E-state index in [1.165, 1.54) is 0 Å². The number of aromatic nitrogens is 2. The van der Waals surface area contributed by atoms with E-state index in [0.717, 1.165) is 25.8 Å². The van der Waals surface area contributed by atoms with E-state index in [4.69, 9.17) is 10.8 Å². The molecule has 1 aromatic heterocycles. The molecule has 5 nitrogen and oxygen atoms in total. The second-order valence-corrected chi connectivity index (χ2v) is 5.08. The zero-order valence-corrected chi connectivity index (χ0v) is 10.5. The molecule has 0 aromatic carbocycles. The first kappa shape index (κ1) is 11.6. The summed E-state index contributed by atoms with van der Waals surface area (Å²) in [6.45, 7) is 1.03. The van der Waals surface area contributed by atoms with Gasteiger partial charge in [-0.1, -0.05) is 0 Å². The number of nitrogens with two attached hydrogens (primary N) is 1. The second kappa shape index (κ2) is 4.55. The second-order valence-electron chi connectivity index (χ2n) is 4.27. The minimum Gasteiger partial charge on any atom is -0.396 e. The highest BCUT2D eigenvalue weighted by Gasteiger charge is 2.41. The lowest BCUT2D eigenvalue weighted by Crippen LogP contribution is -2.18. The van der Waals surface area contributed by atoms with Gasteiger partial charge in [0.15, 0.2) is 0 Å². The Morgan fingerprint density at radius 2 is 2.25 bits per heavy atom. The third-order valence-corrected chi connectivity index (χ3v) is 3.34. The average molecular weight is 287 g/mol. The highest BCUT2D eigenvalue weighted by molar-refractivity contribution is 9.10. The molecule has 4 N–H and O–H groups in total. The number of aliphatic hydroxyl groups excluding tert-OH is 1. The molecule has 0 atom stereocenters. The van der Waals surface area contributed by atoms with Gasteiger partial charge >= 0.3 is 0 Å². The highest BCUT2D eigenvalue weighted by Crippen LogP contribution is 2.48. The van der Waals surface area contributed by atoms with Crippen LogP contribution in [0.3, 0.4) is 0 Å². The molecule has 1 saturated carbocycles. The SMILES string of the molecule is Nc1cc(Br)nc(NCC2(CCO)CC2)n1. The predicted octanol–water partition coefficient (Wildman–Crippen LogP) is 1.40. The Labute approximate surface area is 103 Å². The molecule has 2 rings (SSSR count). The Bertz CT molecular complexity index is 361. The minimum absolute atomic E-state index is 0.239. The summed E-state index contributed by atoms with van der Waals surface area (Å²) in [5, 5.41) is 12.1. The Kier molecular flexibility index (Phi) is 3.30. The van der Waals surface area contributed by atoms with Crippen LogP contribution in [0.1, 0.15) is 19.3 Å². The molecule has 1 aliphatic carbocycles. The van der Waals surface area contributed by atoms with Crippen LogP contribution in [0.15, 0.2) is 10.7 Å². The fourth-order valence-corrected chi connectivity index (χ4v) is 2.11.